The fourth-order valence-corrected chi connectivity index (χ4v) is 3.76. The van der Waals surface area contributed by atoms with E-state index in [1.54, 1.807) is 19.2 Å². The van der Waals surface area contributed by atoms with E-state index in [9.17, 15) is 4.79 Å². The number of hydrogen-bond donors (Lipinski definition) is 3. The second-order valence-electron chi connectivity index (χ2n) is 5.28. The zero-order valence-electron chi connectivity index (χ0n) is 13.7. The molecule has 0 spiro atoms. The van der Waals surface area contributed by atoms with Crippen molar-refractivity contribution in [2.45, 2.75) is 18.1 Å². The monoisotopic (exact) mass is 526 g/mol. The number of amides is 1. The Morgan fingerprint density at radius 2 is 1.96 bits per heavy atom. The highest BCUT2D eigenvalue weighted by molar-refractivity contribution is 14.0. The molecule has 1 aromatic carbocycles. The van der Waals surface area contributed by atoms with Crippen molar-refractivity contribution in [3.8, 4) is 0 Å². The van der Waals surface area contributed by atoms with E-state index < -0.39 is 0 Å². The van der Waals surface area contributed by atoms with Crippen LogP contribution in [0.4, 0.5) is 0 Å². The van der Waals surface area contributed by atoms with Gasteiger partial charge in [-0.1, -0.05) is 15.9 Å². The van der Waals surface area contributed by atoms with Gasteiger partial charge in [-0.2, -0.15) is 11.8 Å². The van der Waals surface area contributed by atoms with Gasteiger partial charge in [-0.05, 0) is 42.9 Å². The molecule has 3 N–H and O–H groups in total. The van der Waals surface area contributed by atoms with Crippen molar-refractivity contribution in [2.24, 2.45) is 4.99 Å². The highest BCUT2D eigenvalue weighted by atomic mass is 127. The van der Waals surface area contributed by atoms with Gasteiger partial charge in [-0.15, -0.1) is 24.0 Å². The number of carbonyl (C=O) groups excluding carboxylic acids is 1. The third-order valence-corrected chi connectivity index (χ3v) is 5.48. The van der Waals surface area contributed by atoms with Gasteiger partial charge in [0.2, 0.25) is 0 Å². The maximum atomic E-state index is 12.0. The minimum Gasteiger partial charge on any atom is -0.355 e. The average Bonchev–Trinajstić information content (AvgIpc) is 3.08. The van der Waals surface area contributed by atoms with Crippen molar-refractivity contribution in [1.82, 2.24) is 16.0 Å². The van der Waals surface area contributed by atoms with E-state index in [-0.39, 0.29) is 29.9 Å². The summed E-state index contributed by atoms with van der Waals surface area (Å²) in [5.74, 6) is 1.99. The minimum absolute atomic E-state index is 0. The van der Waals surface area contributed by atoms with Crippen LogP contribution in [0.5, 0.6) is 0 Å². The average molecular weight is 527 g/mol. The fourth-order valence-electron chi connectivity index (χ4n) is 2.30. The molecule has 1 fully saturated rings. The van der Waals surface area contributed by atoms with Gasteiger partial charge in [0, 0.05) is 42.0 Å². The van der Waals surface area contributed by atoms with Crippen LogP contribution in [0.15, 0.2) is 33.7 Å². The molecule has 0 aliphatic carbocycles. The summed E-state index contributed by atoms with van der Waals surface area (Å²) in [7, 11) is 1.76. The van der Waals surface area contributed by atoms with Crippen molar-refractivity contribution >= 4 is 63.5 Å². The number of benzene rings is 1. The molecule has 2 rings (SSSR count). The quantitative estimate of drug-likeness (QED) is 0.231. The largest absolute Gasteiger partial charge is 0.355 e. The minimum atomic E-state index is -0.0652. The van der Waals surface area contributed by atoms with E-state index in [0.717, 1.165) is 17.0 Å². The fraction of sp³-hybridized carbons (Fsp3) is 0.500. The third-order valence-electron chi connectivity index (χ3n) is 3.55. The van der Waals surface area contributed by atoms with Gasteiger partial charge in [-0.3, -0.25) is 9.79 Å². The lowest BCUT2D eigenvalue weighted by molar-refractivity contribution is 0.0954. The molecule has 1 aromatic rings. The van der Waals surface area contributed by atoms with E-state index >= 15 is 0 Å². The number of hydrogen-bond acceptors (Lipinski definition) is 3. The van der Waals surface area contributed by atoms with Crippen LogP contribution in [0, 0.1) is 0 Å². The molecule has 1 heterocycles. The van der Waals surface area contributed by atoms with Crippen LogP contribution in [-0.2, 0) is 0 Å². The number of nitrogens with zero attached hydrogens (tertiary/aromatic N) is 1. The Labute approximate surface area is 173 Å². The molecule has 0 saturated carbocycles. The Morgan fingerprint density at radius 1 is 1.25 bits per heavy atom. The van der Waals surface area contributed by atoms with Gasteiger partial charge in [-0.25, -0.2) is 0 Å². The maximum Gasteiger partial charge on any atom is 0.251 e. The highest BCUT2D eigenvalue weighted by Crippen LogP contribution is 2.25. The van der Waals surface area contributed by atoms with Crippen LogP contribution in [-0.4, -0.2) is 49.6 Å². The number of nitrogens with one attached hydrogen (secondary N) is 3. The van der Waals surface area contributed by atoms with Crippen molar-refractivity contribution in [2.75, 3.05) is 32.4 Å². The second kappa shape index (κ2) is 12.0. The summed E-state index contributed by atoms with van der Waals surface area (Å²) in [5, 5.41) is 10.1. The molecule has 0 radical (unpaired) electrons. The van der Waals surface area contributed by atoms with Crippen LogP contribution < -0.4 is 16.0 Å². The lowest BCUT2D eigenvalue weighted by atomic mass is 10.2. The normalized spacial score (nSPS) is 17.1. The zero-order chi connectivity index (χ0) is 16.5. The molecule has 1 unspecified atom stereocenters. The molecule has 24 heavy (non-hydrogen) atoms. The molecular formula is C16H24BrIN4OS. The Hall–Kier alpha value is -0.480. The first-order valence-corrected chi connectivity index (χ1v) is 9.63. The summed E-state index contributed by atoms with van der Waals surface area (Å²) in [4.78, 5) is 16.2. The zero-order valence-corrected chi connectivity index (χ0v) is 18.4. The molecule has 134 valence electrons. The molecule has 1 amide bonds. The standard InChI is InChI=1S/C16H23BrN4OS.HI/c1-18-16(21-11-14-3-2-10-23-14)20-9-8-19-15(22)12-4-6-13(17)7-5-12;/h4-7,14H,2-3,8-11H2,1H3,(H,19,22)(H2,18,20,21);1H. The molecule has 8 heteroatoms. The van der Waals surface area contributed by atoms with Crippen LogP contribution in [0.3, 0.4) is 0 Å². The summed E-state index contributed by atoms with van der Waals surface area (Å²) in [6, 6.07) is 7.32. The lowest BCUT2D eigenvalue weighted by Crippen LogP contribution is -2.43. The van der Waals surface area contributed by atoms with Crippen LogP contribution >= 0.6 is 51.7 Å². The van der Waals surface area contributed by atoms with E-state index in [1.165, 1.54) is 18.6 Å². The van der Waals surface area contributed by atoms with Gasteiger partial charge in [0.15, 0.2) is 5.96 Å². The summed E-state index contributed by atoms with van der Waals surface area (Å²) in [5.41, 5.74) is 0.661. The van der Waals surface area contributed by atoms with Gasteiger partial charge in [0.1, 0.15) is 0 Å². The van der Waals surface area contributed by atoms with E-state index in [0.29, 0.717) is 23.9 Å². The van der Waals surface area contributed by atoms with Crippen LogP contribution in [0.1, 0.15) is 23.2 Å². The molecule has 0 aromatic heterocycles. The smallest absolute Gasteiger partial charge is 0.251 e. The van der Waals surface area contributed by atoms with Crippen molar-refractivity contribution in [3.05, 3.63) is 34.3 Å². The van der Waals surface area contributed by atoms with Gasteiger partial charge >= 0.3 is 0 Å². The lowest BCUT2D eigenvalue weighted by Gasteiger charge is -2.15. The van der Waals surface area contributed by atoms with Gasteiger partial charge in [0.05, 0.1) is 0 Å². The topological polar surface area (TPSA) is 65.5 Å². The number of thioether (sulfide) groups is 1. The Balaban J connectivity index is 0.00000288. The molecule has 1 atom stereocenters. The van der Waals surface area contributed by atoms with Crippen molar-refractivity contribution < 1.29 is 4.79 Å². The van der Waals surface area contributed by atoms with E-state index in [4.69, 9.17) is 0 Å². The number of carbonyl (C=O) groups is 1. The summed E-state index contributed by atoms with van der Waals surface area (Å²) >= 11 is 5.38. The molecule has 1 aliphatic heterocycles. The molecule has 5 nitrogen and oxygen atoms in total. The SMILES string of the molecule is CN=C(NCCNC(=O)c1ccc(Br)cc1)NCC1CCCS1.I. The Bertz CT molecular complexity index is 535. The molecule has 1 saturated heterocycles. The molecule has 1 aliphatic rings. The second-order valence-corrected chi connectivity index (χ2v) is 7.60. The van der Waals surface area contributed by atoms with Gasteiger partial charge in [0.25, 0.3) is 5.91 Å². The Morgan fingerprint density at radius 3 is 2.58 bits per heavy atom. The van der Waals surface area contributed by atoms with E-state index in [2.05, 4.69) is 36.9 Å². The number of halogens is 2. The molecule has 0 bridgehead atoms. The van der Waals surface area contributed by atoms with Crippen LogP contribution in [0.2, 0.25) is 0 Å². The third kappa shape index (κ3) is 7.60. The number of guanidine groups is 1. The maximum absolute atomic E-state index is 12.0. The van der Waals surface area contributed by atoms with Crippen molar-refractivity contribution in [3.63, 3.8) is 0 Å². The van der Waals surface area contributed by atoms with Gasteiger partial charge < -0.3 is 16.0 Å². The highest BCUT2D eigenvalue weighted by Gasteiger charge is 2.15. The summed E-state index contributed by atoms with van der Waals surface area (Å²) in [6.45, 7) is 2.13. The summed E-state index contributed by atoms with van der Waals surface area (Å²) < 4.78 is 0.964. The Kier molecular flexibility index (Phi) is 10.8. The summed E-state index contributed by atoms with van der Waals surface area (Å²) in [6.07, 6.45) is 2.59. The van der Waals surface area contributed by atoms with Crippen molar-refractivity contribution in [1.29, 1.82) is 0 Å². The van der Waals surface area contributed by atoms with Crippen LogP contribution in [0.25, 0.3) is 0 Å². The first-order chi connectivity index (χ1) is 11.2. The first kappa shape index (κ1) is 21.6. The van der Waals surface area contributed by atoms with E-state index in [1.807, 2.05) is 23.9 Å². The predicted octanol–water partition coefficient (Wildman–Crippen LogP) is 2.86. The predicted molar refractivity (Wildman–Crippen MR) is 117 cm³/mol. The first-order valence-electron chi connectivity index (χ1n) is 7.79. The molecular weight excluding hydrogens is 503 g/mol. The number of aliphatic imine (C=N–C) groups is 1. The number of rotatable bonds is 6.